The van der Waals surface area contributed by atoms with Gasteiger partial charge in [-0.3, -0.25) is 4.79 Å². The quantitative estimate of drug-likeness (QED) is 0.744. The van der Waals surface area contributed by atoms with Gasteiger partial charge < -0.3 is 4.90 Å². The lowest BCUT2D eigenvalue weighted by Crippen LogP contribution is -2.40. The SMILES string of the molecule is CN(C(=O)c1ccc(F)c(S(=O)(=O)N2CCCCC2)c1)C(C1CC1)C1CC1. The summed E-state index contributed by atoms with van der Waals surface area (Å²) in [7, 11) is -2.12. The zero-order valence-electron chi connectivity index (χ0n) is 15.7. The van der Waals surface area contributed by atoms with E-state index in [1.54, 1.807) is 11.9 Å². The minimum atomic E-state index is -3.92. The Hall–Kier alpha value is -1.47. The van der Waals surface area contributed by atoms with E-state index in [9.17, 15) is 17.6 Å². The van der Waals surface area contributed by atoms with Gasteiger partial charge in [0.25, 0.3) is 5.91 Å². The third-order valence-electron chi connectivity index (χ3n) is 6.09. The second-order valence-electron chi connectivity index (χ2n) is 8.19. The van der Waals surface area contributed by atoms with Gasteiger partial charge >= 0.3 is 0 Å². The molecule has 0 atom stereocenters. The molecular formula is C20H27FN2O3S. The average molecular weight is 395 g/mol. The summed E-state index contributed by atoms with van der Waals surface area (Å²) in [4.78, 5) is 14.4. The summed E-state index contributed by atoms with van der Waals surface area (Å²) in [6, 6.07) is 3.97. The first-order chi connectivity index (χ1) is 12.9. The highest BCUT2D eigenvalue weighted by Gasteiger charge is 2.45. The molecule has 1 saturated heterocycles. The van der Waals surface area contributed by atoms with Crippen LogP contribution >= 0.6 is 0 Å². The summed E-state index contributed by atoms with van der Waals surface area (Å²) in [6.45, 7) is 0.816. The van der Waals surface area contributed by atoms with Crippen LogP contribution in [0.5, 0.6) is 0 Å². The lowest BCUT2D eigenvalue weighted by atomic mass is 10.0. The second-order valence-corrected chi connectivity index (χ2v) is 10.1. The maximum atomic E-state index is 14.4. The van der Waals surface area contributed by atoms with Crippen molar-refractivity contribution in [3.63, 3.8) is 0 Å². The van der Waals surface area contributed by atoms with Gasteiger partial charge in [0, 0.05) is 31.7 Å². The van der Waals surface area contributed by atoms with Crippen molar-refractivity contribution in [1.82, 2.24) is 9.21 Å². The number of carbonyl (C=O) groups is 1. The summed E-state index contributed by atoms with van der Waals surface area (Å²) < 4.78 is 41.5. The first-order valence-electron chi connectivity index (χ1n) is 9.96. The summed E-state index contributed by atoms with van der Waals surface area (Å²) in [6.07, 6.45) is 7.15. The number of hydrogen-bond donors (Lipinski definition) is 0. The van der Waals surface area contributed by atoms with Crippen LogP contribution in [0.25, 0.3) is 0 Å². The first kappa shape index (κ1) is 18.9. The van der Waals surface area contributed by atoms with Crippen LogP contribution in [0, 0.1) is 17.7 Å². The van der Waals surface area contributed by atoms with Gasteiger partial charge in [0.05, 0.1) is 0 Å². The average Bonchev–Trinajstić information content (AvgIpc) is 3.57. The van der Waals surface area contributed by atoms with Crippen molar-refractivity contribution in [2.24, 2.45) is 11.8 Å². The van der Waals surface area contributed by atoms with Crippen LogP contribution in [0.4, 0.5) is 4.39 Å². The number of carbonyl (C=O) groups excluding carboxylic acids is 1. The molecule has 5 nitrogen and oxygen atoms in total. The highest BCUT2D eigenvalue weighted by atomic mass is 32.2. The molecule has 0 unspecified atom stereocenters. The van der Waals surface area contributed by atoms with Gasteiger partial charge in [-0.2, -0.15) is 4.31 Å². The molecule has 0 radical (unpaired) electrons. The molecule has 1 aromatic carbocycles. The Morgan fingerprint density at radius 2 is 1.70 bits per heavy atom. The minimum Gasteiger partial charge on any atom is -0.338 e. The summed E-state index contributed by atoms with van der Waals surface area (Å²) in [5.74, 6) is 0.113. The van der Waals surface area contributed by atoms with Crippen LogP contribution in [0.15, 0.2) is 23.1 Å². The van der Waals surface area contributed by atoms with Gasteiger partial charge in [-0.25, -0.2) is 12.8 Å². The lowest BCUT2D eigenvalue weighted by molar-refractivity contribution is 0.0689. The molecule has 1 amide bonds. The molecule has 0 N–H and O–H groups in total. The highest BCUT2D eigenvalue weighted by molar-refractivity contribution is 7.89. The molecule has 1 aliphatic heterocycles. The number of piperidine rings is 1. The maximum Gasteiger partial charge on any atom is 0.253 e. The molecule has 148 valence electrons. The van der Waals surface area contributed by atoms with E-state index in [4.69, 9.17) is 0 Å². The zero-order valence-corrected chi connectivity index (χ0v) is 16.5. The lowest BCUT2D eigenvalue weighted by Gasteiger charge is -2.29. The van der Waals surface area contributed by atoms with Crippen LogP contribution in [-0.2, 0) is 10.0 Å². The van der Waals surface area contributed by atoms with Gasteiger partial charge in [0.15, 0.2) is 0 Å². The Morgan fingerprint density at radius 3 is 2.26 bits per heavy atom. The number of hydrogen-bond acceptors (Lipinski definition) is 3. The topological polar surface area (TPSA) is 57.7 Å². The Labute approximate surface area is 160 Å². The Balaban J connectivity index is 1.60. The van der Waals surface area contributed by atoms with E-state index in [1.807, 2.05) is 0 Å². The van der Waals surface area contributed by atoms with E-state index in [1.165, 1.54) is 16.4 Å². The molecule has 2 aliphatic carbocycles. The van der Waals surface area contributed by atoms with Gasteiger partial charge in [0.1, 0.15) is 10.7 Å². The van der Waals surface area contributed by atoms with Crippen molar-refractivity contribution in [3.05, 3.63) is 29.6 Å². The minimum absolute atomic E-state index is 0.214. The second kappa shape index (κ2) is 7.17. The first-order valence-corrected chi connectivity index (χ1v) is 11.4. The fraction of sp³-hybridized carbons (Fsp3) is 0.650. The molecule has 2 saturated carbocycles. The van der Waals surface area contributed by atoms with Gasteiger partial charge in [-0.15, -0.1) is 0 Å². The van der Waals surface area contributed by atoms with Crippen LogP contribution in [0.1, 0.15) is 55.3 Å². The van der Waals surface area contributed by atoms with E-state index < -0.39 is 15.8 Å². The number of benzene rings is 1. The molecule has 0 bridgehead atoms. The molecule has 4 rings (SSSR count). The number of sulfonamides is 1. The summed E-state index contributed by atoms with van der Waals surface area (Å²) >= 11 is 0. The third-order valence-corrected chi connectivity index (χ3v) is 8.00. The smallest absolute Gasteiger partial charge is 0.253 e. The van der Waals surface area contributed by atoms with Crippen LogP contribution in [-0.4, -0.2) is 49.7 Å². The van der Waals surface area contributed by atoms with Crippen molar-refractivity contribution in [1.29, 1.82) is 0 Å². The number of halogens is 1. The maximum absolute atomic E-state index is 14.4. The van der Waals surface area contributed by atoms with Gasteiger partial charge in [-0.1, -0.05) is 6.42 Å². The molecule has 0 spiro atoms. The van der Waals surface area contributed by atoms with Crippen LogP contribution in [0.2, 0.25) is 0 Å². The van der Waals surface area contributed by atoms with Crippen molar-refractivity contribution < 1.29 is 17.6 Å². The monoisotopic (exact) mass is 394 g/mol. The Bertz CT molecular complexity index is 816. The molecule has 0 aromatic heterocycles. The standard InChI is InChI=1S/C20H27FN2O3S/c1-22(19(14-5-6-14)15-7-8-15)20(24)16-9-10-17(21)18(13-16)27(25,26)23-11-3-2-4-12-23/h9-10,13-15,19H,2-8,11-12H2,1H3. The summed E-state index contributed by atoms with van der Waals surface area (Å²) in [5.41, 5.74) is 0.251. The highest BCUT2D eigenvalue weighted by Crippen LogP contribution is 2.47. The largest absolute Gasteiger partial charge is 0.338 e. The van der Waals surface area contributed by atoms with Crippen LogP contribution in [0.3, 0.4) is 0 Å². The fourth-order valence-electron chi connectivity index (χ4n) is 4.31. The van der Waals surface area contributed by atoms with Crippen molar-refractivity contribution in [3.8, 4) is 0 Å². The number of rotatable bonds is 6. The van der Waals surface area contributed by atoms with E-state index >= 15 is 0 Å². The van der Waals surface area contributed by atoms with E-state index in [0.29, 0.717) is 24.9 Å². The molecule has 1 aromatic rings. The molecule has 3 fully saturated rings. The van der Waals surface area contributed by atoms with E-state index in [0.717, 1.165) is 51.0 Å². The Kier molecular flexibility index (Phi) is 5.01. The van der Waals surface area contributed by atoms with E-state index in [2.05, 4.69) is 0 Å². The van der Waals surface area contributed by atoms with E-state index in [-0.39, 0.29) is 22.4 Å². The van der Waals surface area contributed by atoms with Crippen molar-refractivity contribution in [2.75, 3.05) is 20.1 Å². The summed E-state index contributed by atoms with van der Waals surface area (Å²) in [5, 5.41) is 0. The van der Waals surface area contributed by atoms with Crippen LogP contribution < -0.4 is 0 Å². The zero-order chi connectivity index (χ0) is 19.2. The normalized spacial score (nSPS) is 21.4. The molecule has 27 heavy (non-hydrogen) atoms. The Morgan fingerprint density at radius 1 is 1.11 bits per heavy atom. The predicted octanol–water partition coefficient (Wildman–Crippen LogP) is 3.26. The third kappa shape index (κ3) is 3.76. The molecular weight excluding hydrogens is 367 g/mol. The predicted molar refractivity (Wildman–Crippen MR) is 100 cm³/mol. The molecule has 7 heteroatoms. The van der Waals surface area contributed by atoms with Gasteiger partial charge in [0.2, 0.25) is 10.0 Å². The number of amides is 1. The number of nitrogens with zero attached hydrogens (tertiary/aromatic N) is 2. The van der Waals surface area contributed by atoms with Crippen molar-refractivity contribution >= 4 is 15.9 Å². The van der Waals surface area contributed by atoms with Crippen molar-refractivity contribution in [2.45, 2.75) is 55.9 Å². The van der Waals surface area contributed by atoms with Gasteiger partial charge in [-0.05, 0) is 68.6 Å². The molecule has 1 heterocycles. The molecule has 3 aliphatic rings. The fourth-order valence-corrected chi connectivity index (χ4v) is 5.92.